The summed E-state index contributed by atoms with van der Waals surface area (Å²) in [6.07, 6.45) is 2.80. The summed E-state index contributed by atoms with van der Waals surface area (Å²) in [4.78, 5) is 59.4. The summed E-state index contributed by atoms with van der Waals surface area (Å²) >= 11 is 1.51. The van der Waals surface area contributed by atoms with Gasteiger partial charge in [-0.05, 0) is 67.0 Å². The minimum atomic E-state index is -1.08. The standard InChI is InChI=1S/C32H28N2O5S/c1-32-25(29(37)34(31(32)39)19-6-3-2-4-7-19)16-24-22(27(32)18-9-11-20(35)12-10-18)13-14-23-26(24)30(38)33(28(23)36)17-21-8-5-15-40-21/h2-13,15,23-27,35H,14,16-17H2,1H3/t23-,24+,25-,26-,27-,32+/m0/s1. The van der Waals surface area contributed by atoms with Crippen LogP contribution < -0.4 is 4.90 Å². The Morgan fingerprint density at radius 2 is 1.65 bits per heavy atom. The van der Waals surface area contributed by atoms with Crippen molar-refractivity contribution in [2.75, 3.05) is 4.90 Å². The zero-order valence-electron chi connectivity index (χ0n) is 21.9. The molecular formula is C32H28N2O5S. The van der Waals surface area contributed by atoms with Crippen LogP contribution in [0.5, 0.6) is 5.75 Å². The third kappa shape index (κ3) is 3.41. The van der Waals surface area contributed by atoms with E-state index in [1.807, 2.05) is 36.6 Å². The number of likely N-dealkylation sites (tertiary alicyclic amines) is 1. The highest BCUT2D eigenvalue weighted by atomic mass is 32.1. The number of nitrogens with zero attached hydrogens (tertiary/aromatic N) is 2. The van der Waals surface area contributed by atoms with E-state index < -0.39 is 29.1 Å². The number of amides is 4. The third-order valence-electron chi connectivity index (χ3n) is 9.50. The molecule has 8 heteroatoms. The molecule has 0 unspecified atom stereocenters. The summed E-state index contributed by atoms with van der Waals surface area (Å²) < 4.78 is 0. The number of aromatic hydroxyl groups is 1. The first-order valence-corrected chi connectivity index (χ1v) is 14.5. The van der Waals surface area contributed by atoms with Crippen molar-refractivity contribution in [1.82, 2.24) is 4.90 Å². The fourth-order valence-corrected chi connectivity index (χ4v) is 8.36. The van der Waals surface area contributed by atoms with Crippen LogP contribution in [0.15, 0.2) is 83.8 Å². The van der Waals surface area contributed by atoms with Crippen molar-refractivity contribution in [1.29, 1.82) is 0 Å². The molecule has 40 heavy (non-hydrogen) atoms. The predicted molar refractivity (Wildman–Crippen MR) is 149 cm³/mol. The Morgan fingerprint density at radius 1 is 0.900 bits per heavy atom. The first-order valence-electron chi connectivity index (χ1n) is 13.6. The van der Waals surface area contributed by atoms with E-state index in [1.165, 1.54) is 21.1 Å². The van der Waals surface area contributed by atoms with Crippen LogP contribution in [0.25, 0.3) is 0 Å². The van der Waals surface area contributed by atoms with Gasteiger partial charge in [0.15, 0.2) is 0 Å². The van der Waals surface area contributed by atoms with Gasteiger partial charge in [-0.2, -0.15) is 0 Å². The molecule has 3 aromatic rings. The molecule has 1 aromatic heterocycles. The number of para-hydroxylation sites is 1. The van der Waals surface area contributed by atoms with Crippen molar-refractivity contribution >= 4 is 40.7 Å². The van der Waals surface area contributed by atoms with E-state index in [1.54, 1.807) is 48.5 Å². The number of imide groups is 2. The van der Waals surface area contributed by atoms with E-state index in [9.17, 15) is 24.3 Å². The number of carbonyl (C=O) groups is 4. The number of allylic oxidation sites excluding steroid dienone is 2. The van der Waals surface area contributed by atoms with Gasteiger partial charge in [0.05, 0.1) is 35.4 Å². The first kappa shape index (κ1) is 25.0. The Labute approximate surface area is 235 Å². The molecular weight excluding hydrogens is 524 g/mol. The highest BCUT2D eigenvalue weighted by Crippen LogP contribution is 2.63. The molecule has 4 amide bonds. The molecule has 6 atom stereocenters. The van der Waals surface area contributed by atoms with E-state index >= 15 is 0 Å². The second kappa shape index (κ2) is 8.99. The fraction of sp³-hybridized carbons (Fsp3) is 0.312. The lowest BCUT2D eigenvalue weighted by molar-refractivity contribution is -0.141. The summed E-state index contributed by atoms with van der Waals surface area (Å²) in [6, 6.07) is 19.6. The van der Waals surface area contributed by atoms with Crippen LogP contribution in [0.2, 0.25) is 0 Å². The van der Waals surface area contributed by atoms with Crippen LogP contribution in [-0.4, -0.2) is 33.6 Å². The first-order chi connectivity index (χ1) is 19.3. The van der Waals surface area contributed by atoms with Gasteiger partial charge in [0.25, 0.3) is 0 Å². The van der Waals surface area contributed by atoms with Gasteiger partial charge in [-0.15, -0.1) is 11.3 Å². The molecule has 0 radical (unpaired) electrons. The zero-order valence-corrected chi connectivity index (χ0v) is 22.7. The lowest BCUT2D eigenvalue weighted by Crippen LogP contribution is -2.48. The molecule has 3 fully saturated rings. The number of hydrogen-bond acceptors (Lipinski definition) is 6. The molecule has 2 aliphatic heterocycles. The Kier molecular flexibility index (Phi) is 5.61. The van der Waals surface area contributed by atoms with Crippen molar-refractivity contribution in [3.8, 4) is 5.75 Å². The van der Waals surface area contributed by atoms with E-state index in [0.29, 0.717) is 18.5 Å². The second-order valence-electron chi connectivity index (χ2n) is 11.4. The smallest absolute Gasteiger partial charge is 0.241 e. The van der Waals surface area contributed by atoms with Gasteiger partial charge < -0.3 is 5.11 Å². The topological polar surface area (TPSA) is 95.0 Å². The number of phenolic OH excluding ortho intramolecular Hbond substituents is 1. The van der Waals surface area contributed by atoms with Crippen molar-refractivity contribution < 1.29 is 24.3 Å². The largest absolute Gasteiger partial charge is 0.508 e. The van der Waals surface area contributed by atoms with Crippen molar-refractivity contribution in [2.45, 2.75) is 32.2 Å². The van der Waals surface area contributed by atoms with Gasteiger partial charge in [-0.1, -0.05) is 48.0 Å². The van der Waals surface area contributed by atoms with Crippen LogP contribution in [0, 0.1) is 29.1 Å². The number of rotatable bonds is 4. The lowest BCUT2D eigenvalue weighted by atomic mass is 9.51. The van der Waals surface area contributed by atoms with Gasteiger partial charge in [-0.25, -0.2) is 4.90 Å². The Hall–Kier alpha value is -4.04. The third-order valence-corrected chi connectivity index (χ3v) is 10.4. The fourth-order valence-electron chi connectivity index (χ4n) is 7.66. The van der Waals surface area contributed by atoms with E-state index in [0.717, 1.165) is 16.0 Å². The van der Waals surface area contributed by atoms with Gasteiger partial charge in [0.1, 0.15) is 5.75 Å². The van der Waals surface area contributed by atoms with Crippen molar-refractivity contribution in [3.05, 3.63) is 94.2 Å². The molecule has 0 spiro atoms. The summed E-state index contributed by atoms with van der Waals surface area (Å²) in [5.41, 5.74) is 1.20. The minimum absolute atomic E-state index is 0.107. The van der Waals surface area contributed by atoms with Crippen LogP contribution in [0.4, 0.5) is 5.69 Å². The van der Waals surface area contributed by atoms with Crippen LogP contribution in [0.1, 0.15) is 36.1 Å². The van der Waals surface area contributed by atoms with E-state index in [2.05, 4.69) is 0 Å². The number of carbonyl (C=O) groups excluding carboxylic acids is 4. The number of fused-ring (bicyclic) bond motifs is 4. The lowest BCUT2D eigenvalue weighted by Gasteiger charge is -2.49. The summed E-state index contributed by atoms with van der Waals surface area (Å²) in [5.74, 6) is -3.28. The predicted octanol–water partition coefficient (Wildman–Crippen LogP) is 4.88. The number of benzene rings is 2. The monoisotopic (exact) mass is 552 g/mol. The average molecular weight is 553 g/mol. The molecule has 7 rings (SSSR count). The minimum Gasteiger partial charge on any atom is -0.508 e. The SMILES string of the molecule is C[C@@]12C(=O)N(c3ccccc3)C(=O)[C@@H]1C[C@@H]1C(=CC[C@@H]3C(=O)N(Cc4cccs4)C(=O)[C@@H]31)[C@@H]2c1ccc(O)cc1. The molecule has 0 bridgehead atoms. The molecule has 2 saturated heterocycles. The summed E-state index contributed by atoms with van der Waals surface area (Å²) in [5, 5.41) is 11.9. The Bertz CT molecular complexity index is 1560. The van der Waals surface area contributed by atoms with Crippen LogP contribution in [0.3, 0.4) is 0 Å². The zero-order chi connectivity index (χ0) is 27.8. The van der Waals surface area contributed by atoms with Gasteiger partial charge in [-0.3, -0.25) is 24.1 Å². The highest BCUT2D eigenvalue weighted by molar-refractivity contribution is 7.09. The number of phenols is 1. The molecule has 2 aromatic carbocycles. The normalized spacial score (nSPS) is 31.2. The molecule has 202 valence electrons. The molecule has 7 nitrogen and oxygen atoms in total. The maximum absolute atomic E-state index is 14.3. The van der Waals surface area contributed by atoms with Gasteiger partial charge >= 0.3 is 0 Å². The molecule has 2 aliphatic carbocycles. The number of thiophene rings is 1. The summed E-state index contributed by atoms with van der Waals surface area (Å²) in [6.45, 7) is 2.12. The molecule has 3 heterocycles. The van der Waals surface area contributed by atoms with Crippen molar-refractivity contribution in [2.24, 2.45) is 29.1 Å². The van der Waals surface area contributed by atoms with Gasteiger partial charge in [0.2, 0.25) is 23.6 Å². The summed E-state index contributed by atoms with van der Waals surface area (Å²) in [7, 11) is 0. The van der Waals surface area contributed by atoms with E-state index in [-0.39, 0.29) is 41.8 Å². The number of anilines is 1. The van der Waals surface area contributed by atoms with E-state index in [4.69, 9.17) is 0 Å². The molecule has 4 aliphatic rings. The van der Waals surface area contributed by atoms with Crippen LogP contribution in [-0.2, 0) is 25.7 Å². The maximum Gasteiger partial charge on any atom is 0.241 e. The second-order valence-corrected chi connectivity index (χ2v) is 12.5. The number of hydrogen-bond donors (Lipinski definition) is 1. The average Bonchev–Trinajstić information content (AvgIpc) is 3.61. The molecule has 1 N–H and O–H groups in total. The quantitative estimate of drug-likeness (QED) is 0.368. The molecule has 1 saturated carbocycles. The Balaban J connectivity index is 1.34. The van der Waals surface area contributed by atoms with Gasteiger partial charge in [0, 0.05) is 10.8 Å². The highest BCUT2D eigenvalue weighted by Gasteiger charge is 2.67. The van der Waals surface area contributed by atoms with Crippen molar-refractivity contribution in [3.63, 3.8) is 0 Å². The Morgan fingerprint density at radius 3 is 2.35 bits per heavy atom. The maximum atomic E-state index is 14.3. The van der Waals surface area contributed by atoms with Crippen LogP contribution >= 0.6 is 11.3 Å².